The van der Waals surface area contributed by atoms with Crippen molar-refractivity contribution >= 4 is 11.9 Å². The third-order valence-corrected chi connectivity index (χ3v) is 4.93. The predicted molar refractivity (Wildman–Crippen MR) is 72.7 cm³/mol. The number of nitrogens with zero attached hydrogens (tertiary/aromatic N) is 1. The van der Waals surface area contributed by atoms with E-state index in [0.717, 1.165) is 24.7 Å². The van der Waals surface area contributed by atoms with Gasteiger partial charge in [-0.2, -0.15) is 0 Å². The fourth-order valence-electron chi connectivity index (χ4n) is 3.78. The van der Waals surface area contributed by atoms with Gasteiger partial charge in [-0.1, -0.05) is 25.7 Å². The second kappa shape index (κ2) is 6.40. The standard InChI is InChI=1S/C15H25NO3/c1-16(9-8-14(17)18)15(19)13-7-6-11-4-2-3-5-12(11)10-13/h11-13H,2-10H2,1H3,(H,17,18). The Balaban J connectivity index is 1.84. The highest BCUT2D eigenvalue weighted by Crippen LogP contribution is 2.43. The smallest absolute Gasteiger partial charge is 0.305 e. The molecule has 0 aromatic carbocycles. The van der Waals surface area contributed by atoms with E-state index in [1.54, 1.807) is 11.9 Å². The van der Waals surface area contributed by atoms with Crippen molar-refractivity contribution < 1.29 is 14.7 Å². The highest BCUT2D eigenvalue weighted by Gasteiger charge is 2.35. The first-order valence-corrected chi connectivity index (χ1v) is 7.54. The Kier molecular flexibility index (Phi) is 4.83. The van der Waals surface area contributed by atoms with E-state index >= 15 is 0 Å². The number of carbonyl (C=O) groups excluding carboxylic acids is 1. The van der Waals surface area contributed by atoms with E-state index in [1.165, 1.54) is 32.1 Å². The molecule has 1 amide bonds. The van der Waals surface area contributed by atoms with E-state index in [1.807, 2.05) is 0 Å². The van der Waals surface area contributed by atoms with Crippen LogP contribution in [0.3, 0.4) is 0 Å². The summed E-state index contributed by atoms with van der Waals surface area (Å²) in [6.07, 6.45) is 8.57. The fraction of sp³-hybridized carbons (Fsp3) is 0.867. The molecule has 0 saturated heterocycles. The van der Waals surface area contributed by atoms with Crippen LogP contribution in [0.1, 0.15) is 51.4 Å². The van der Waals surface area contributed by atoms with E-state index in [2.05, 4.69) is 0 Å². The maximum absolute atomic E-state index is 12.3. The van der Waals surface area contributed by atoms with Crippen molar-refractivity contribution in [1.29, 1.82) is 0 Å². The Labute approximate surface area is 115 Å². The van der Waals surface area contributed by atoms with Gasteiger partial charge in [-0.15, -0.1) is 0 Å². The first-order chi connectivity index (χ1) is 9.08. The molecule has 2 aliphatic carbocycles. The molecule has 0 aliphatic heterocycles. The van der Waals surface area contributed by atoms with Crippen LogP contribution in [0.15, 0.2) is 0 Å². The average molecular weight is 267 g/mol. The van der Waals surface area contributed by atoms with E-state index in [-0.39, 0.29) is 18.2 Å². The summed E-state index contributed by atoms with van der Waals surface area (Å²) in [7, 11) is 1.73. The van der Waals surface area contributed by atoms with Gasteiger partial charge in [0.25, 0.3) is 0 Å². The number of hydrogen-bond acceptors (Lipinski definition) is 2. The highest BCUT2D eigenvalue weighted by atomic mass is 16.4. The summed E-state index contributed by atoms with van der Waals surface area (Å²) in [4.78, 5) is 24.5. The van der Waals surface area contributed by atoms with Gasteiger partial charge >= 0.3 is 5.97 Å². The minimum absolute atomic E-state index is 0.0427. The summed E-state index contributed by atoms with van der Waals surface area (Å²) in [5.74, 6) is 1.05. The Morgan fingerprint density at radius 3 is 2.47 bits per heavy atom. The zero-order valence-corrected chi connectivity index (χ0v) is 11.8. The molecule has 1 N–H and O–H groups in total. The van der Waals surface area contributed by atoms with Crippen LogP contribution in [0.25, 0.3) is 0 Å². The Bertz CT molecular complexity index is 342. The van der Waals surface area contributed by atoms with Crippen LogP contribution >= 0.6 is 0 Å². The number of aliphatic carboxylic acids is 1. The molecule has 108 valence electrons. The molecular formula is C15H25NO3. The van der Waals surface area contributed by atoms with Crippen molar-refractivity contribution in [2.75, 3.05) is 13.6 Å². The molecule has 2 fully saturated rings. The van der Waals surface area contributed by atoms with E-state index < -0.39 is 5.97 Å². The molecular weight excluding hydrogens is 242 g/mol. The molecule has 0 bridgehead atoms. The Morgan fingerprint density at radius 2 is 1.79 bits per heavy atom. The van der Waals surface area contributed by atoms with Crippen LogP contribution in [-0.4, -0.2) is 35.5 Å². The summed E-state index contributed by atoms with van der Waals surface area (Å²) < 4.78 is 0. The molecule has 2 rings (SSSR count). The Hall–Kier alpha value is -1.06. The topological polar surface area (TPSA) is 57.6 Å². The van der Waals surface area contributed by atoms with Gasteiger partial charge in [0.15, 0.2) is 0 Å². The van der Waals surface area contributed by atoms with Crippen molar-refractivity contribution in [3.63, 3.8) is 0 Å². The summed E-state index contributed by atoms with van der Waals surface area (Å²) in [5, 5.41) is 8.67. The minimum atomic E-state index is -0.837. The number of carboxylic acids is 1. The van der Waals surface area contributed by atoms with Gasteiger partial charge in [0.1, 0.15) is 0 Å². The number of carboxylic acid groups (broad SMARTS) is 1. The second-order valence-corrected chi connectivity index (χ2v) is 6.22. The molecule has 4 nitrogen and oxygen atoms in total. The molecule has 0 heterocycles. The molecule has 2 aliphatic rings. The van der Waals surface area contributed by atoms with E-state index in [4.69, 9.17) is 5.11 Å². The maximum atomic E-state index is 12.3. The predicted octanol–water partition coefficient (Wildman–Crippen LogP) is 2.53. The van der Waals surface area contributed by atoms with Crippen molar-refractivity contribution in [3.05, 3.63) is 0 Å². The number of amides is 1. The first-order valence-electron chi connectivity index (χ1n) is 7.54. The number of fused-ring (bicyclic) bond motifs is 1. The third kappa shape index (κ3) is 3.71. The monoisotopic (exact) mass is 267 g/mol. The van der Waals surface area contributed by atoms with Gasteiger partial charge in [0, 0.05) is 19.5 Å². The summed E-state index contributed by atoms with van der Waals surface area (Å²) in [6, 6.07) is 0. The quantitative estimate of drug-likeness (QED) is 0.851. The normalized spacial score (nSPS) is 30.5. The van der Waals surface area contributed by atoms with Crippen molar-refractivity contribution in [2.24, 2.45) is 17.8 Å². The third-order valence-electron chi connectivity index (χ3n) is 4.93. The molecule has 2 saturated carbocycles. The van der Waals surface area contributed by atoms with Crippen molar-refractivity contribution in [3.8, 4) is 0 Å². The first kappa shape index (κ1) is 14.4. The van der Waals surface area contributed by atoms with Crippen LogP contribution in [0, 0.1) is 17.8 Å². The van der Waals surface area contributed by atoms with Gasteiger partial charge < -0.3 is 10.0 Å². The maximum Gasteiger partial charge on any atom is 0.305 e. The van der Waals surface area contributed by atoms with Gasteiger partial charge in [0.2, 0.25) is 5.91 Å². The molecule has 0 spiro atoms. The van der Waals surface area contributed by atoms with Crippen LogP contribution in [0.4, 0.5) is 0 Å². The fourth-order valence-corrected chi connectivity index (χ4v) is 3.78. The van der Waals surface area contributed by atoms with Crippen molar-refractivity contribution in [1.82, 2.24) is 4.90 Å². The number of carbonyl (C=O) groups is 2. The molecule has 19 heavy (non-hydrogen) atoms. The summed E-state index contributed by atoms with van der Waals surface area (Å²) in [5.41, 5.74) is 0. The molecule has 3 unspecified atom stereocenters. The van der Waals surface area contributed by atoms with Crippen LogP contribution in [0.2, 0.25) is 0 Å². The molecule has 0 aromatic rings. The zero-order valence-electron chi connectivity index (χ0n) is 11.8. The van der Waals surface area contributed by atoms with Gasteiger partial charge in [-0.25, -0.2) is 0 Å². The minimum Gasteiger partial charge on any atom is -0.481 e. The van der Waals surface area contributed by atoms with Gasteiger partial charge in [-0.3, -0.25) is 9.59 Å². The van der Waals surface area contributed by atoms with Crippen LogP contribution in [-0.2, 0) is 9.59 Å². The Morgan fingerprint density at radius 1 is 1.11 bits per heavy atom. The lowest BCUT2D eigenvalue weighted by atomic mass is 9.67. The van der Waals surface area contributed by atoms with Gasteiger partial charge in [-0.05, 0) is 31.1 Å². The van der Waals surface area contributed by atoms with Crippen LogP contribution in [0.5, 0.6) is 0 Å². The molecule has 0 radical (unpaired) electrons. The second-order valence-electron chi connectivity index (χ2n) is 6.22. The lowest BCUT2D eigenvalue weighted by Gasteiger charge is -2.39. The number of hydrogen-bond donors (Lipinski definition) is 1. The molecule has 4 heteroatoms. The van der Waals surface area contributed by atoms with E-state index in [0.29, 0.717) is 6.54 Å². The molecule has 0 aromatic heterocycles. The summed E-state index contributed by atoms with van der Waals surface area (Å²) >= 11 is 0. The number of rotatable bonds is 4. The summed E-state index contributed by atoms with van der Waals surface area (Å²) in [6.45, 7) is 0.332. The average Bonchev–Trinajstić information content (AvgIpc) is 2.43. The SMILES string of the molecule is CN(CCC(=O)O)C(=O)C1CCC2CCCCC2C1. The lowest BCUT2D eigenvalue weighted by molar-refractivity contribution is -0.140. The molecule has 3 atom stereocenters. The highest BCUT2D eigenvalue weighted by molar-refractivity contribution is 5.79. The van der Waals surface area contributed by atoms with E-state index in [9.17, 15) is 9.59 Å². The lowest BCUT2D eigenvalue weighted by Crippen LogP contribution is -2.39. The van der Waals surface area contributed by atoms with Crippen molar-refractivity contribution in [2.45, 2.75) is 51.4 Å². The van der Waals surface area contributed by atoms with Crippen LogP contribution < -0.4 is 0 Å². The largest absolute Gasteiger partial charge is 0.481 e. The zero-order chi connectivity index (χ0) is 13.8. The van der Waals surface area contributed by atoms with Gasteiger partial charge in [0.05, 0.1) is 6.42 Å².